The quantitative estimate of drug-likeness (QED) is 0.792. The van der Waals surface area contributed by atoms with Gasteiger partial charge in [-0.25, -0.2) is 13.1 Å². The normalized spacial score (nSPS) is 20.3. The number of nitrogens with zero attached hydrogens (tertiary/aromatic N) is 1. The topological polar surface area (TPSA) is 78.5 Å². The maximum Gasteiger partial charge on any atom is 0.251 e. The van der Waals surface area contributed by atoms with Gasteiger partial charge in [-0.3, -0.25) is 4.79 Å². The first-order valence-corrected chi connectivity index (χ1v) is 11.0. The van der Waals surface area contributed by atoms with Crippen molar-refractivity contribution in [2.45, 2.75) is 49.5 Å². The van der Waals surface area contributed by atoms with Gasteiger partial charge in [-0.15, -0.1) is 0 Å². The Bertz CT molecular complexity index is 704. The van der Waals surface area contributed by atoms with E-state index in [2.05, 4.69) is 14.9 Å². The standard InChI is InChI=1S/C19H29N3O3S/c1-20-26(24,25)18-8-6-16(7-9-18)19(23)21-17-10-12-22(13-11-17)14-15-4-2-3-5-15/h6-9,15,17,20H,2-5,10-14H2,1H3,(H,21,23). The highest BCUT2D eigenvalue weighted by Crippen LogP contribution is 2.26. The predicted molar refractivity (Wildman–Crippen MR) is 102 cm³/mol. The molecule has 7 heteroatoms. The van der Waals surface area contributed by atoms with Gasteiger partial charge in [0.05, 0.1) is 4.90 Å². The first-order chi connectivity index (χ1) is 12.5. The summed E-state index contributed by atoms with van der Waals surface area (Å²) >= 11 is 0. The van der Waals surface area contributed by atoms with Crippen molar-refractivity contribution < 1.29 is 13.2 Å². The number of hydrogen-bond donors (Lipinski definition) is 2. The molecule has 26 heavy (non-hydrogen) atoms. The second-order valence-electron chi connectivity index (χ2n) is 7.43. The number of piperidine rings is 1. The number of carbonyl (C=O) groups excluding carboxylic acids is 1. The third-order valence-electron chi connectivity index (χ3n) is 5.61. The van der Waals surface area contributed by atoms with Crippen molar-refractivity contribution in [2.75, 3.05) is 26.7 Å². The monoisotopic (exact) mass is 379 g/mol. The fourth-order valence-electron chi connectivity index (χ4n) is 3.99. The van der Waals surface area contributed by atoms with Gasteiger partial charge in [0.1, 0.15) is 0 Å². The maximum atomic E-state index is 12.4. The van der Waals surface area contributed by atoms with Gasteiger partial charge in [0.2, 0.25) is 10.0 Å². The molecule has 1 saturated carbocycles. The van der Waals surface area contributed by atoms with E-state index in [1.54, 1.807) is 12.1 Å². The van der Waals surface area contributed by atoms with E-state index >= 15 is 0 Å². The van der Waals surface area contributed by atoms with Crippen LogP contribution in [0.1, 0.15) is 48.9 Å². The summed E-state index contributed by atoms with van der Waals surface area (Å²) in [6.07, 6.45) is 7.46. The molecule has 2 aliphatic rings. The van der Waals surface area contributed by atoms with Crippen molar-refractivity contribution in [3.63, 3.8) is 0 Å². The van der Waals surface area contributed by atoms with E-state index in [-0.39, 0.29) is 16.8 Å². The van der Waals surface area contributed by atoms with Crippen molar-refractivity contribution >= 4 is 15.9 Å². The van der Waals surface area contributed by atoms with E-state index in [4.69, 9.17) is 0 Å². The van der Waals surface area contributed by atoms with Gasteiger partial charge in [0.15, 0.2) is 0 Å². The van der Waals surface area contributed by atoms with Crippen LogP contribution in [0.4, 0.5) is 0 Å². The van der Waals surface area contributed by atoms with E-state index < -0.39 is 10.0 Å². The summed E-state index contributed by atoms with van der Waals surface area (Å²) in [4.78, 5) is 15.1. The van der Waals surface area contributed by atoms with E-state index in [0.717, 1.165) is 31.8 Å². The van der Waals surface area contributed by atoms with Gasteiger partial charge < -0.3 is 10.2 Å². The Hall–Kier alpha value is -1.44. The van der Waals surface area contributed by atoms with Crippen LogP contribution in [0.3, 0.4) is 0 Å². The number of benzene rings is 1. The molecule has 1 aromatic carbocycles. The smallest absolute Gasteiger partial charge is 0.251 e. The zero-order valence-electron chi connectivity index (χ0n) is 15.4. The highest BCUT2D eigenvalue weighted by molar-refractivity contribution is 7.89. The Morgan fingerprint density at radius 3 is 2.27 bits per heavy atom. The molecule has 6 nitrogen and oxygen atoms in total. The molecule has 1 amide bonds. The lowest BCUT2D eigenvalue weighted by Crippen LogP contribution is -2.45. The molecule has 144 valence electrons. The lowest BCUT2D eigenvalue weighted by molar-refractivity contribution is 0.0905. The summed E-state index contributed by atoms with van der Waals surface area (Å²) in [5.41, 5.74) is 0.494. The minimum Gasteiger partial charge on any atom is -0.349 e. The molecular formula is C19H29N3O3S. The molecular weight excluding hydrogens is 350 g/mol. The number of hydrogen-bond acceptors (Lipinski definition) is 4. The Labute approximate surface area is 156 Å². The molecule has 0 bridgehead atoms. The van der Waals surface area contributed by atoms with E-state index in [9.17, 15) is 13.2 Å². The number of carbonyl (C=O) groups is 1. The third-order valence-corrected chi connectivity index (χ3v) is 7.04. The largest absolute Gasteiger partial charge is 0.349 e. The molecule has 1 heterocycles. The molecule has 0 unspecified atom stereocenters. The molecule has 1 aliphatic carbocycles. The summed E-state index contributed by atoms with van der Waals surface area (Å²) in [6.45, 7) is 3.30. The molecule has 0 atom stereocenters. The van der Waals surface area contributed by atoms with Gasteiger partial charge in [-0.1, -0.05) is 12.8 Å². The van der Waals surface area contributed by atoms with Crippen molar-refractivity contribution in [3.8, 4) is 0 Å². The lowest BCUT2D eigenvalue weighted by atomic mass is 10.0. The maximum absolute atomic E-state index is 12.4. The van der Waals surface area contributed by atoms with Gasteiger partial charge >= 0.3 is 0 Å². The predicted octanol–water partition coefficient (Wildman–Crippen LogP) is 1.98. The summed E-state index contributed by atoms with van der Waals surface area (Å²) in [6, 6.07) is 6.25. The first-order valence-electron chi connectivity index (χ1n) is 9.55. The third kappa shape index (κ3) is 4.84. The molecule has 0 radical (unpaired) electrons. The summed E-state index contributed by atoms with van der Waals surface area (Å²) < 4.78 is 25.7. The Kier molecular flexibility index (Phi) is 6.32. The Morgan fingerprint density at radius 1 is 1.08 bits per heavy atom. The van der Waals surface area contributed by atoms with Crippen LogP contribution in [0.2, 0.25) is 0 Å². The Morgan fingerprint density at radius 2 is 1.69 bits per heavy atom. The average Bonchev–Trinajstić information content (AvgIpc) is 3.16. The minimum atomic E-state index is -3.47. The molecule has 0 aromatic heterocycles. The molecule has 0 spiro atoms. The van der Waals surface area contributed by atoms with Crippen LogP contribution in [-0.2, 0) is 10.0 Å². The van der Waals surface area contributed by atoms with Crippen molar-refractivity contribution in [1.82, 2.24) is 14.9 Å². The number of likely N-dealkylation sites (tertiary alicyclic amines) is 1. The Balaban J connectivity index is 1.48. The van der Waals surface area contributed by atoms with Crippen LogP contribution < -0.4 is 10.0 Å². The second kappa shape index (κ2) is 8.50. The van der Waals surface area contributed by atoms with Gasteiger partial charge in [-0.05, 0) is 62.9 Å². The zero-order chi connectivity index (χ0) is 18.6. The lowest BCUT2D eigenvalue weighted by Gasteiger charge is -2.33. The van der Waals surface area contributed by atoms with Gasteiger partial charge in [0, 0.05) is 31.2 Å². The molecule has 1 aliphatic heterocycles. The highest BCUT2D eigenvalue weighted by atomic mass is 32.2. The molecule has 2 N–H and O–H groups in total. The zero-order valence-corrected chi connectivity index (χ0v) is 16.2. The number of rotatable bonds is 6. The van der Waals surface area contributed by atoms with Crippen molar-refractivity contribution in [1.29, 1.82) is 0 Å². The van der Waals surface area contributed by atoms with E-state index in [0.29, 0.717) is 5.56 Å². The summed E-state index contributed by atoms with van der Waals surface area (Å²) in [7, 11) is -2.10. The van der Waals surface area contributed by atoms with Crippen LogP contribution in [-0.4, -0.2) is 51.9 Å². The minimum absolute atomic E-state index is 0.132. The van der Waals surface area contributed by atoms with Gasteiger partial charge in [0.25, 0.3) is 5.91 Å². The van der Waals surface area contributed by atoms with Crippen LogP contribution in [0, 0.1) is 5.92 Å². The number of amides is 1. The average molecular weight is 380 g/mol. The second-order valence-corrected chi connectivity index (χ2v) is 9.32. The molecule has 1 aromatic rings. The molecule has 1 saturated heterocycles. The number of sulfonamides is 1. The molecule has 3 rings (SSSR count). The van der Waals surface area contributed by atoms with Crippen LogP contribution >= 0.6 is 0 Å². The molecule has 2 fully saturated rings. The van der Waals surface area contributed by atoms with Crippen molar-refractivity contribution in [2.24, 2.45) is 5.92 Å². The van der Waals surface area contributed by atoms with Crippen LogP contribution in [0.15, 0.2) is 29.2 Å². The summed E-state index contributed by atoms with van der Waals surface area (Å²) in [5.74, 6) is 0.737. The fraction of sp³-hybridized carbons (Fsp3) is 0.632. The summed E-state index contributed by atoms with van der Waals surface area (Å²) in [5, 5.41) is 3.09. The van der Waals surface area contributed by atoms with Crippen molar-refractivity contribution in [3.05, 3.63) is 29.8 Å². The first kappa shape index (κ1) is 19.3. The van der Waals surface area contributed by atoms with Crippen LogP contribution in [0.5, 0.6) is 0 Å². The van der Waals surface area contributed by atoms with Gasteiger partial charge in [-0.2, -0.15) is 0 Å². The van der Waals surface area contributed by atoms with E-state index in [1.807, 2.05) is 0 Å². The number of nitrogens with one attached hydrogen (secondary N) is 2. The highest BCUT2D eigenvalue weighted by Gasteiger charge is 2.24. The van der Waals surface area contributed by atoms with Crippen LogP contribution in [0.25, 0.3) is 0 Å². The SMILES string of the molecule is CNS(=O)(=O)c1ccc(C(=O)NC2CCN(CC3CCCC3)CC2)cc1. The van der Waals surface area contributed by atoms with E-state index in [1.165, 1.54) is 51.4 Å². The fourth-order valence-corrected chi connectivity index (χ4v) is 4.72.